The van der Waals surface area contributed by atoms with Crippen LogP contribution in [0.4, 0.5) is 0 Å². The van der Waals surface area contributed by atoms with Crippen molar-refractivity contribution in [1.29, 1.82) is 0 Å². The van der Waals surface area contributed by atoms with E-state index in [0.717, 1.165) is 35.1 Å². The van der Waals surface area contributed by atoms with Crippen molar-refractivity contribution in [2.75, 3.05) is 20.3 Å². The van der Waals surface area contributed by atoms with Crippen molar-refractivity contribution in [2.45, 2.75) is 20.3 Å². The lowest BCUT2D eigenvalue weighted by atomic mass is 10.2. The van der Waals surface area contributed by atoms with E-state index in [4.69, 9.17) is 9.47 Å². The number of aryl methyl sites for hydroxylation is 2. The van der Waals surface area contributed by atoms with Crippen molar-refractivity contribution in [3.05, 3.63) is 29.8 Å². The number of rotatable bonds is 6. The van der Waals surface area contributed by atoms with Gasteiger partial charge in [-0.25, -0.2) is 4.98 Å². The van der Waals surface area contributed by atoms with E-state index < -0.39 is 0 Å². The molecule has 102 valence electrons. The van der Waals surface area contributed by atoms with Crippen molar-refractivity contribution in [2.24, 2.45) is 0 Å². The molecular formula is C14H19N3O2. The third-order valence-electron chi connectivity index (χ3n) is 2.75. The molecule has 1 N–H and O–H groups in total. The number of pyridine rings is 1. The molecule has 0 amide bonds. The second kappa shape index (κ2) is 6.33. The summed E-state index contributed by atoms with van der Waals surface area (Å²) >= 11 is 0. The van der Waals surface area contributed by atoms with Gasteiger partial charge in [0.2, 0.25) is 0 Å². The number of H-pyrrole nitrogens is 1. The molecule has 0 aliphatic heterocycles. The van der Waals surface area contributed by atoms with E-state index in [1.165, 1.54) is 0 Å². The highest BCUT2D eigenvalue weighted by molar-refractivity contribution is 5.58. The molecular weight excluding hydrogens is 242 g/mol. The van der Waals surface area contributed by atoms with Gasteiger partial charge in [-0.1, -0.05) is 0 Å². The molecule has 2 heterocycles. The quantitative estimate of drug-likeness (QED) is 0.812. The fourth-order valence-corrected chi connectivity index (χ4v) is 1.89. The van der Waals surface area contributed by atoms with Gasteiger partial charge in [-0.05, 0) is 19.9 Å². The highest BCUT2D eigenvalue weighted by Gasteiger charge is 2.08. The number of aromatic nitrogens is 3. The van der Waals surface area contributed by atoms with Crippen LogP contribution in [0, 0.1) is 13.8 Å². The zero-order valence-electron chi connectivity index (χ0n) is 11.6. The molecule has 0 atom stereocenters. The molecule has 5 heteroatoms. The fourth-order valence-electron chi connectivity index (χ4n) is 1.89. The van der Waals surface area contributed by atoms with Crippen LogP contribution < -0.4 is 4.74 Å². The van der Waals surface area contributed by atoms with Crippen LogP contribution in [0.25, 0.3) is 11.4 Å². The van der Waals surface area contributed by atoms with E-state index in [9.17, 15) is 0 Å². The minimum Gasteiger partial charge on any atom is -0.493 e. The third kappa shape index (κ3) is 3.54. The van der Waals surface area contributed by atoms with Gasteiger partial charge in [0, 0.05) is 32.4 Å². The minimum absolute atomic E-state index is 0.637. The number of nitrogens with zero attached hydrogens (tertiary/aromatic N) is 2. The number of hydrogen-bond donors (Lipinski definition) is 1. The SMILES string of the molecule is COCCCOc1ccnc(-c2[nH]c(C)nc2C)c1. The Morgan fingerprint density at radius 2 is 2.11 bits per heavy atom. The summed E-state index contributed by atoms with van der Waals surface area (Å²) < 4.78 is 10.6. The monoisotopic (exact) mass is 261 g/mol. The molecule has 0 aliphatic carbocycles. The Kier molecular flexibility index (Phi) is 4.52. The third-order valence-corrected chi connectivity index (χ3v) is 2.75. The maximum atomic E-state index is 5.66. The van der Waals surface area contributed by atoms with E-state index in [0.29, 0.717) is 13.2 Å². The summed E-state index contributed by atoms with van der Waals surface area (Å²) in [5.41, 5.74) is 2.74. The number of methoxy groups -OCH3 is 1. The Morgan fingerprint density at radius 1 is 1.26 bits per heavy atom. The minimum atomic E-state index is 0.637. The summed E-state index contributed by atoms with van der Waals surface area (Å²) in [5.74, 6) is 1.70. The van der Waals surface area contributed by atoms with Crippen molar-refractivity contribution in [1.82, 2.24) is 15.0 Å². The molecule has 0 saturated carbocycles. The van der Waals surface area contributed by atoms with Gasteiger partial charge in [0.15, 0.2) is 0 Å². The van der Waals surface area contributed by atoms with E-state index in [1.807, 2.05) is 26.0 Å². The van der Waals surface area contributed by atoms with Crippen molar-refractivity contribution < 1.29 is 9.47 Å². The molecule has 0 fully saturated rings. The number of hydrogen-bond acceptors (Lipinski definition) is 4. The highest BCUT2D eigenvalue weighted by Crippen LogP contribution is 2.22. The van der Waals surface area contributed by atoms with Crippen LogP contribution >= 0.6 is 0 Å². The van der Waals surface area contributed by atoms with Crippen molar-refractivity contribution >= 4 is 0 Å². The zero-order chi connectivity index (χ0) is 13.7. The van der Waals surface area contributed by atoms with Gasteiger partial charge in [-0.2, -0.15) is 0 Å². The molecule has 0 spiro atoms. The fraction of sp³-hybridized carbons (Fsp3) is 0.429. The van der Waals surface area contributed by atoms with Crippen molar-refractivity contribution in [3.8, 4) is 17.1 Å². The van der Waals surface area contributed by atoms with Gasteiger partial charge in [-0.15, -0.1) is 0 Å². The van der Waals surface area contributed by atoms with Crippen LogP contribution in [0.1, 0.15) is 17.9 Å². The molecule has 2 aromatic heterocycles. The summed E-state index contributed by atoms with van der Waals surface area (Å²) in [6, 6.07) is 3.78. The molecule has 2 aromatic rings. The first kappa shape index (κ1) is 13.5. The summed E-state index contributed by atoms with van der Waals surface area (Å²) in [6.07, 6.45) is 2.62. The summed E-state index contributed by atoms with van der Waals surface area (Å²) in [5, 5.41) is 0. The Hall–Kier alpha value is -1.88. The number of aromatic amines is 1. The molecule has 0 aromatic carbocycles. The molecule has 0 unspecified atom stereocenters. The lowest BCUT2D eigenvalue weighted by Crippen LogP contribution is -2.01. The largest absolute Gasteiger partial charge is 0.493 e. The van der Waals surface area contributed by atoms with Crippen LogP contribution in [-0.4, -0.2) is 35.3 Å². The Balaban J connectivity index is 2.09. The molecule has 0 radical (unpaired) electrons. The Morgan fingerprint density at radius 3 is 2.79 bits per heavy atom. The summed E-state index contributed by atoms with van der Waals surface area (Å²) in [6.45, 7) is 5.24. The van der Waals surface area contributed by atoms with Crippen LogP contribution in [0.2, 0.25) is 0 Å². The predicted molar refractivity (Wildman–Crippen MR) is 73.3 cm³/mol. The van der Waals surface area contributed by atoms with Gasteiger partial charge in [0.05, 0.1) is 23.7 Å². The second-order valence-electron chi connectivity index (χ2n) is 4.35. The lowest BCUT2D eigenvalue weighted by Gasteiger charge is -2.07. The van der Waals surface area contributed by atoms with Gasteiger partial charge < -0.3 is 14.5 Å². The lowest BCUT2D eigenvalue weighted by molar-refractivity contribution is 0.172. The van der Waals surface area contributed by atoms with Crippen LogP contribution in [-0.2, 0) is 4.74 Å². The van der Waals surface area contributed by atoms with Gasteiger partial charge in [0.25, 0.3) is 0 Å². The highest BCUT2D eigenvalue weighted by atomic mass is 16.5. The number of nitrogens with one attached hydrogen (secondary N) is 1. The topological polar surface area (TPSA) is 60.0 Å². The summed E-state index contributed by atoms with van der Waals surface area (Å²) in [7, 11) is 1.69. The van der Waals surface area contributed by atoms with Crippen LogP contribution in [0.5, 0.6) is 5.75 Å². The normalized spacial score (nSPS) is 10.7. The number of imidazole rings is 1. The molecule has 5 nitrogen and oxygen atoms in total. The molecule has 19 heavy (non-hydrogen) atoms. The molecule has 0 saturated heterocycles. The van der Waals surface area contributed by atoms with E-state index in [2.05, 4.69) is 15.0 Å². The average Bonchev–Trinajstić information content (AvgIpc) is 2.74. The molecule has 2 rings (SSSR count). The first-order valence-electron chi connectivity index (χ1n) is 6.32. The van der Waals surface area contributed by atoms with Gasteiger partial charge in [0.1, 0.15) is 11.6 Å². The van der Waals surface area contributed by atoms with Gasteiger partial charge >= 0.3 is 0 Å². The zero-order valence-corrected chi connectivity index (χ0v) is 11.6. The second-order valence-corrected chi connectivity index (χ2v) is 4.35. The molecule has 0 bridgehead atoms. The van der Waals surface area contributed by atoms with Gasteiger partial charge in [-0.3, -0.25) is 4.98 Å². The Labute approximate surface area is 113 Å². The van der Waals surface area contributed by atoms with E-state index >= 15 is 0 Å². The first-order valence-corrected chi connectivity index (χ1v) is 6.32. The average molecular weight is 261 g/mol. The maximum Gasteiger partial charge on any atom is 0.123 e. The summed E-state index contributed by atoms with van der Waals surface area (Å²) in [4.78, 5) is 11.9. The van der Waals surface area contributed by atoms with E-state index in [-0.39, 0.29) is 0 Å². The van der Waals surface area contributed by atoms with Crippen molar-refractivity contribution in [3.63, 3.8) is 0 Å². The first-order chi connectivity index (χ1) is 9.20. The predicted octanol–water partition coefficient (Wildman–Crippen LogP) is 2.50. The standard InChI is InChI=1S/C14H19N3O2/c1-10-14(17-11(2)16-10)13-9-12(5-6-15-13)19-8-4-7-18-3/h5-6,9H,4,7-8H2,1-3H3,(H,16,17). The Bertz CT molecular complexity index is 537. The maximum absolute atomic E-state index is 5.66. The smallest absolute Gasteiger partial charge is 0.123 e. The molecule has 0 aliphatic rings. The van der Waals surface area contributed by atoms with Crippen LogP contribution in [0.3, 0.4) is 0 Å². The van der Waals surface area contributed by atoms with Crippen LogP contribution in [0.15, 0.2) is 18.3 Å². The number of ether oxygens (including phenoxy) is 2. The van der Waals surface area contributed by atoms with E-state index in [1.54, 1.807) is 13.3 Å².